The molecule has 5 heteroatoms. The number of aromatic nitrogens is 2. The fourth-order valence-corrected chi connectivity index (χ4v) is 2.65. The van der Waals surface area contributed by atoms with E-state index in [0.717, 1.165) is 0 Å². The number of hydrogen-bond donors (Lipinski definition) is 1. The van der Waals surface area contributed by atoms with Crippen molar-refractivity contribution in [3.05, 3.63) is 11.8 Å². The van der Waals surface area contributed by atoms with Crippen LogP contribution in [-0.4, -0.2) is 27.7 Å². The van der Waals surface area contributed by atoms with E-state index in [9.17, 15) is 0 Å². The van der Waals surface area contributed by atoms with E-state index in [-0.39, 0.29) is 0 Å². The molecule has 0 unspecified atom stereocenters. The third-order valence-corrected chi connectivity index (χ3v) is 3.38. The Kier molecular flexibility index (Phi) is 3.42. The summed E-state index contributed by atoms with van der Waals surface area (Å²) in [6.07, 6.45) is 2.50. The predicted octanol–water partition coefficient (Wildman–Crippen LogP) is 1.36. The fraction of sp³-hybridized carbons (Fsp3) is 0.778. The average Bonchev–Trinajstić information content (AvgIpc) is 2.63. The first-order valence-corrected chi connectivity index (χ1v) is 6.10. The molecule has 4 nitrogen and oxygen atoms in total. The van der Waals surface area contributed by atoms with Crippen molar-refractivity contribution in [3.8, 4) is 0 Å². The minimum absolute atomic E-state index is 0.628. The van der Waals surface area contributed by atoms with Crippen LogP contribution in [0.3, 0.4) is 0 Å². The Morgan fingerprint density at radius 3 is 2.86 bits per heavy atom. The molecule has 0 aliphatic carbocycles. The van der Waals surface area contributed by atoms with E-state index in [0.29, 0.717) is 24.4 Å². The van der Waals surface area contributed by atoms with Crippen LogP contribution in [0.25, 0.3) is 0 Å². The van der Waals surface area contributed by atoms with Gasteiger partial charge in [0.25, 0.3) is 0 Å². The zero-order valence-electron chi connectivity index (χ0n) is 8.32. The highest BCUT2D eigenvalue weighted by Gasteiger charge is 2.13. The molecule has 0 radical (unpaired) electrons. The topological polar surface area (TPSA) is 51.0 Å². The molecular formula is C9H15N3OS. The Morgan fingerprint density at radius 2 is 2.21 bits per heavy atom. The van der Waals surface area contributed by atoms with E-state index in [1.165, 1.54) is 24.3 Å². The van der Waals surface area contributed by atoms with Gasteiger partial charge in [0.05, 0.1) is 6.54 Å². The number of aryl methyl sites for hydroxylation is 1. The Hall–Kier alpha value is -0.550. The minimum Gasteiger partial charge on any atom is -0.424 e. The fourth-order valence-electron chi connectivity index (χ4n) is 1.54. The zero-order valence-corrected chi connectivity index (χ0v) is 9.14. The Morgan fingerprint density at radius 1 is 1.43 bits per heavy atom. The lowest BCUT2D eigenvalue weighted by molar-refractivity contribution is 0.408. The molecule has 0 amide bonds. The number of hydrogen-bond acceptors (Lipinski definition) is 5. The summed E-state index contributed by atoms with van der Waals surface area (Å²) in [5.41, 5.74) is 0. The number of thioether (sulfide) groups is 1. The van der Waals surface area contributed by atoms with Crippen molar-refractivity contribution in [2.24, 2.45) is 0 Å². The van der Waals surface area contributed by atoms with Gasteiger partial charge < -0.3 is 9.73 Å². The molecule has 1 aliphatic rings. The first kappa shape index (κ1) is 9.98. The molecule has 2 heterocycles. The first-order chi connectivity index (χ1) is 6.84. The van der Waals surface area contributed by atoms with E-state index in [2.05, 4.69) is 15.5 Å². The standard InChI is InChI=1S/C9H15N3OS/c1-7-11-12-9(13-7)6-10-8-2-4-14-5-3-8/h8,10H,2-6H2,1H3. The molecule has 1 fully saturated rings. The van der Waals surface area contributed by atoms with Gasteiger partial charge in [0.2, 0.25) is 11.8 Å². The lowest BCUT2D eigenvalue weighted by Gasteiger charge is -2.21. The van der Waals surface area contributed by atoms with Crippen LogP contribution in [0.1, 0.15) is 24.6 Å². The lowest BCUT2D eigenvalue weighted by atomic mass is 10.1. The van der Waals surface area contributed by atoms with Crippen molar-refractivity contribution in [3.63, 3.8) is 0 Å². The molecular weight excluding hydrogens is 198 g/mol. The molecule has 78 valence electrons. The summed E-state index contributed by atoms with van der Waals surface area (Å²) in [5, 5.41) is 11.2. The van der Waals surface area contributed by atoms with Crippen LogP contribution < -0.4 is 5.32 Å². The molecule has 1 aromatic rings. The van der Waals surface area contributed by atoms with Crippen LogP contribution in [-0.2, 0) is 6.54 Å². The van der Waals surface area contributed by atoms with Crippen LogP contribution in [0, 0.1) is 6.92 Å². The third kappa shape index (κ3) is 2.72. The largest absolute Gasteiger partial charge is 0.424 e. The van der Waals surface area contributed by atoms with E-state index in [4.69, 9.17) is 4.42 Å². The van der Waals surface area contributed by atoms with E-state index in [1.807, 2.05) is 18.7 Å². The molecule has 0 saturated carbocycles. The van der Waals surface area contributed by atoms with E-state index in [1.54, 1.807) is 0 Å². The molecule has 0 bridgehead atoms. The SMILES string of the molecule is Cc1nnc(CNC2CCSCC2)o1. The van der Waals surface area contributed by atoms with Gasteiger partial charge >= 0.3 is 0 Å². The number of nitrogens with one attached hydrogen (secondary N) is 1. The normalized spacial score (nSPS) is 18.6. The van der Waals surface area contributed by atoms with E-state index >= 15 is 0 Å². The molecule has 0 spiro atoms. The maximum absolute atomic E-state index is 5.28. The van der Waals surface area contributed by atoms with Crippen molar-refractivity contribution in [1.82, 2.24) is 15.5 Å². The van der Waals surface area contributed by atoms with Crippen molar-refractivity contribution < 1.29 is 4.42 Å². The molecule has 0 aromatic carbocycles. The van der Waals surface area contributed by atoms with Crippen LogP contribution in [0.2, 0.25) is 0 Å². The predicted molar refractivity (Wildman–Crippen MR) is 56.2 cm³/mol. The van der Waals surface area contributed by atoms with Gasteiger partial charge in [0.15, 0.2) is 0 Å². The molecule has 1 saturated heterocycles. The number of nitrogens with zero attached hydrogens (tertiary/aromatic N) is 2. The van der Waals surface area contributed by atoms with Gasteiger partial charge in [0, 0.05) is 13.0 Å². The Bertz CT molecular complexity index is 283. The second-order valence-electron chi connectivity index (χ2n) is 3.48. The molecule has 2 rings (SSSR count). The molecule has 14 heavy (non-hydrogen) atoms. The molecule has 1 aromatic heterocycles. The van der Waals surface area contributed by atoms with Gasteiger partial charge in [-0.25, -0.2) is 0 Å². The summed E-state index contributed by atoms with van der Waals surface area (Å²) in [6.45, 7) is 2.52. The lowest BCUT2D eigenvalue weighted by Crippen LogP contribution is -2.32. The van der Waals surface area contributed by atoms with Crippen molar-refractivity contribution in [1.29, 1.82) is 0 Å². The van der Waals surface area contributed by atoms with Gasteiger partial charge in [-0.1, -0.05) is 0 Å². The monoisotopic (exact) mass is 213 g/mol. The average molecular weight is 213 g/mol. The summed E-state index contributed by atoms with van der Waals surface area (Å²) in [7, 11) is 0. The zero-order chi connectivity index (χ0) is 9.80. The second-order valence-corrected chi connectivity index (χ2v) is 4.71. The van der Waals surface area contributed by atoms with E-state index < -0.39 is 0 Å². The highest BCUT2D eigenvalue weighted by atomic mass is 32.2. The van der Waals surface area contributed by atoms with Gasteiger partial charge in [-0.2, -0.15) is 11.8 Å². The maximum atomic E-state index is 5.28. The smallest absolute Gasteiger partial charge is 0.230 e. The second kappa shape index (κ2) is 4.79. The van der Waals surface area contributed by atoms with Crippen LogP contribution in [0.4, 0.5) is 0 Å². The Balaban J connectivity index is 1.76. The maximum Gasteiger partial charge on any atom is 0.230 e. The summed E-state index contributed by atoms with van der Waals surface area (Å²) in [5.74, 6) is 3.86. The van der Waals surface area contributed by atoms with Crippen molar-refractivity contribution in [2.45, 2.75) is 32.4 Å². The first-order valence-electron chi connectivity index (χ1n) is 4.95. The summed E-state index contributed by atoms with van der Waals surface area (Å²) >= 11 is 2.03. The van der Waals surface area contributed by atoms with Gasteiger partial charge in [-0.3, -0.25) is 0 Å². The van der Waals surface area contributed by atoms with Crippen LogP contribution in [0.5, 0.6) is 0 Å². The van der Waals surface area contributed by atoms with Gasteiger partial charge in [-0.15, -0.1) is 10.2 Å². The van der Waals surface area contributed by atoms with Gasteiger partial charge in [0.1, 0.15) is 0 Å². The summed E-state index contributed by atoms with van der Waals surface area (Å²) in [6, 6.07) is 0.628. The highest BCUT2D eigenvalue weighted by Crippen LogP contribution is 2.17. The summed E-state index contributed by atoms with van der Waals surface area (Å²) in [4.78, 5) is 0. The Labute approximate surface area is 87.9 Å². The molecule has 0 atom stereocenters. The van der Waals surface area contributed by atoms with Crippen molar-refractivity contribution >= 4 is 11.8 Å². The molecule has 1 aliphatic heterocycles. The quantitative estimate of drug-likeness (QED) is 0.821. The third-order valence-electron chi connectivity index (χ3n) is 2.33. The summed E-state index contributed by atoms with van der Waals surface area (Å²) < 4.78 is 5.28. The van der Waals surface area contributed by atoms with Crippen molar-refractivity contribution in [2.75, 3.05) is 11.5 Å². The highest BCUT2D eigenvalue weighted by molar-refractivity contribution is 7.99. The van der Waals surface area contributed by atoms with Crippen LogP contribution in [0.15, 0.2) is 4.42 Å². The van der Waals surface area contributed by atoms with Crippen LogP contribution >= 0.6 is 11.8 Å². The van der Waals surface area contributed by atoms with Gasteiger partial charge in [-0.05, 0) is 24.3 Å². The minimum atomic E-state index is 0.628. The molecule has 1 N–H and O–H groups in total. The number of rotatable bonds is 3.